The third kappa shape index (κ3) is 4.36. The zero-order chi connectivity index (χ0) is 21.1. The molecule has 1 aliphatic rings. The highest BCUT2D eigenvalue weighted by molar-refractivity contribution is 5.79. The van der Waals surface area contributed by atoms with E-state index in [1.54, 1.807) is 19.3 Å². The van der Waals surface area contributed by atoms with Crippen LogP contribution in [0.2, 0.25) is 0 Å². The zero-order valence-corrected chi connectivity index (χ0v) is 17.9. The van der Waals surface area contributed by atoms with Crippen molar-refractivity contribution >= 4 is 16.7 Å². The van der Waals surface area contributed by atoms with E-state index in [1.165, 1.54) is 17.3 Å². The molecule has 1 saturated heterocycles. The molecule has 0 radical (unpaired) electrons. The third-order valence-electron chi connectivity index (χ3n) is 6.16. The number of phenolic OH excluding ortho intramolecular Hbond substituents is 1. The fourth-order valence-corrected chi connectivity index (χ4v) is 4.27. The number of fused-ring (bicyclic) bond motifs is 1. The first-order valence-corrected chi connectivity index (χ1v) is 10.8. The molecule has 2 aromatic carbocycles. The first-order valence-electron chi connectivity index (χ1n) is 10.8. The Kier molecular flexibility index (Phi) is 6.09. The van der Waals surface area contributed by atoms with Gasteiger partial charge in [0.2, 0.25) is 0 Å². The number of anilines is 1. The van der Waals surface area contributed by atoms with E-state index in [0.29, 0.717) is 16.5 Å². The molecule has 0 unspecified atom stereocenters. The molecule has 5 nitrogen and oxygen atoms in total. The molecule has 0 atom stereocenters. The molecule has 1 N–H and O–H groups in total. The summed E-state index contributed by atoms with van der Waals surface area (Å²) in [6.45, 7) is 9.31. The zero-order valence-electron chi connectivity index (χ0n) is 17.9. The number of benzene rings is 2. The normalized spacial score (nSPS) is 15.1. The maximum Gasteiger partial charge on any atom is 0.195 e. The summed E-state index contributed by atoms with van der Waals surface area (Å²) in [6.07, 6.45) is 4.31. The van der Waals surface area contributed by atoms with Crippen LogP contribution in [0, 0.1) is 13.8 Å². The molecule has 1 aromatic heterocycles. The van der Waals surface area contributed by atoms with E-state index < -0.39 is 0 Å². The SMILES string of the molecule is Cc1cc2c(=O)c(CCCCN3CCN(c4ccccc4C)CC3)coc2cc1O. The van der Waals surface area contributed by atoms with Crippen molar-refractivity contribution in [2.24, 2.45) is 0 Å². The maximum atomic E-state index is 12.7. The molecule has 30 heavy (non-hydrogen) atoms. The number of piperazine rings is 1. The van der Waals surface area contributed by atoms with E-state index in [-0.39, 0.29) is 11.2 Å². The van der Waals surface area contributed by atoms with Crippen molar-refractivity contribution in [2.75, 3.05) is 37.6 Å². The van der Waals surface area contributed by atoms with Gasteiger partial charge in [-0.05, 0) is 62.9 Å². The molecule has 0 bridgehead atoms. The summed E-state index contributed by atoms with van der Waals surface area (Å²) < 4.78 is 5.59. The van der Waals surface area contributed by atoms with Crippen LogP contribution in [-0.2, 0) is 6.42 Å². The molecule has 158 valence electrons. The topological polar surface area (TPSA) is 56.9 Å². The Morgan fingerprint density at radius 2 is 1.77 bits per heavy atom. The Morgan fingerprint density at radius 1 is 1.00 bits per heavy atom. The van der Waals surface area contributed by atoms with Gasteiger partial charge in [0.1, 0.15) is 11.3 Å². The van der Waals surface area contributed by atoms with Crippen molar-refractivity contribution in [1.29, 1.82) is 0 Å². The molecule has 3 aromatic rings. The van der Waals surface area contributed by atoms with Gasteiger partial charge in [0.15, 0.2) is 5.43 Å². The monoisotopic (exact) mass is 406 g/mol. The standard InChI is InChI=1S/C25H30N2O3/c1-18-7-3-4-9-22(18)27-13-11-26(12-14-27)10-6-5-8-20-17-30-24-16-23(28)19(2)15-21(24)25(20)29/h3-4,7,9,15-17,28H,5-6,8,10-14H2,1-2H3. The first kappa shape index (κ1) is 20.5. The van der Waals surface area contributed by atoms with Crippen LogP contribution >= 0.6 is 0 Å². The highest BCUT2D eigenvalue weighted by Crippen LogP contribution is 2.23. The van der Waals surface area contributed by atoms with Crippen molar-refractivity contribution in [1.82, 2.24) is 4.90 Å². The summed E-state index contributed by atoms with van der Waals surface area (Å²) >= 11 is 0. The molecule has 0 amide bonds. The van der Waals surface area contributed by atoms with Crippen LogP contribution in [0.4, 0.5) is 5.69 Å². The van der Waals surface area contributed by atoms with Crippen LogP contribution in [-0.4, -0.2) is 42.7 Å². The van der Waals surface area contributed by atoms with E-state index in [4.69, 9.17) is 4.42 Å². The summed E-state index contributed by atoms with van der Waals surface area (Å²) in [7, 11) is 0. The van der Waals surface area contributed by atoms with Crippen LogP contribution in [0.5, 0.6) is 5.75 Å². The van der Waals surface area contributed by atoms with Gasteiger partial charge in [-0.25, -0.2) is 0 Å². The van der Waals surface area contributed by atoms with Crippen molar-refractivity contribution in [3.63, 3.8) is 0 Å². The molecule has 5 heteroatoms. The van der Waals surface area contributed by atoms with Gasteiger partial charge in [0.25, 0.3) is 0 Å². The van der Waals surface area contributed by atoms with E-state index in [1.807, 2.05) is 0 Å². The molecule has 4 rings (SSSR count). The van der Waals surface area contributed by atoms with E-state index in [0.717, 1.165) is 57.5 Å². The van der Waals surface area contributed by atoms with Crippen molar-refractivity contribution < 1.29 is 9.52 Å². The average Bonchev–Trinajstić information content (AvgIpc) is 2.75. The van der Waals surface area contributed by atoms with Gasteiger partial charge in [0.05, 0.1) is 11.6 Å². The number of aromatic hydroxyl groups is 1. The van der Waals surface area contributed by atoms with Crippen LogP contribution in [0.15, 0.2) is 51.9 Å². The Morgan fingerprint density at radius 3 is 2.53 bits per heavy atom. The molecule has 0 spiro atoms. The summed E-state index contributed by atoms with van der Waals surface area (Å²) in [5.74, 6) is 0.154. The van der Waals surface area contributed by atoms with Crippen LogP contribution in [0.3, 0.4) is 0 Å². The molecular weight excluding hydrogens is 376 g/mol. The lowest BCUT2D eigenvalue weighted by Gasteiger charge is -2.36. The molecule has 0 aliphatic carbocycles. The van der Waals surface area contributed by atoms with Gasteiger partial charge in [-0.3, -0.25) is 9.69 Å². The number of rotatable bonds is 6. The van der Waals surface area contributed by atoms with Crippen LogP contribution in [0.1, 0.15) is 29.5 Å². The van der Waals surface area contributed by atoms with Gasteiger partial charge in [-0.15, -0.1) is 0 Å². The fraction of sp³-hybridized carbons (Fsp3) is 0.400. The Hall–Kier alpha value is -2.79. The smallest absolute Gasteiger partial charge is 0.195 e. The number of hydrogen-bond donors (Lipinski definition) is 1. The molecule has 2 heterocycles. The molecule has 1 aliphatic heterocycles. The summed E-state index contributed by atoms with van der Waals surface area (Å²) in [5.41, 5.74) is 4.56. The quantitative estimate of drug-likeness (QED) is 0.620. The lowest BCUT2D eigenvalue weighted by molar-refractivity contribution is 0.253. The number of aryl methyl sites for hydroxylation is 3. The first-order chi connectivity index (χ1) is 14.5. The largest absolute Gasteiger partial charge is 0.508 e. The fourth-order valence-electron chi connectivity index (χ4n) is 4.27. The lowest BCUT2D eigenvalue weighted by Crippen LogP contribution is -2.46. The molecule has 0 saturated carbocycles. The average molecular weight is 407 g/mol. The highest BCUT2D eigenvalue weighted by atomic mass is 16.3. The Balaban J connectivity index is 1.27. The van der Waals surface area contributed by atoms with Crippen molar-refractivity contribution in [3.05, 3.63) is 69.6 Å². The lowest BCUT2D eigenvalue weighted by atomic mass is 10.1. The van der Waals surface area contributed by atoms with Gasteiger partial charge < -0.3 is 14.4 Å². The molecular formula is C25H30N2O3. The number of nitrogens with zero attached hydrogens (tertiary/aromatic N) is 2. The number of hydrogen-bond acceptors (Lipinski definition) is 5. The second-order valence-electron chi connectivity index (χ2n) is 8.30. The van der Waals surface area contributed by atoms with E-state index in [2.05, 4.69) is 41.0 Å². The number of phenols is 1. The minimum Gasteiger partial charge on any atom is -0.508 e. The van der Waals surface area contributed by atoms with E-state index in [9.17, 15) is 9.90 Å². The highest BCUT2D eigenvalue weighted by Gasteiger charge is 2.18. The van der Waals surface area contributed by atoms with Gasteiger partial charge in [-0.1, -0.05) is 18.2 Å². The minimum absolute atomic E-state index is 0.0196. The summed E-state index contributed by atoms with van der Waals surface area (Å²) in [6, 6.07) is 11.8. The van der Waals surface area contributed by atoms with Crippen molar-refractivity contribution in [2.45, 2.75) is 33.1 Å². The number of unbranched alkanes of at least 4 members (excludes halogenated alkanes) is 1. The minimum atomic E-state index is 0.0196. The van der Waals surface area contributed by atoms with Gasteiger partial charge in [0, 0.05) is 43.5 Å². The van der Waals surface area contributed by atoms with Crippen LogP contribution < -0.4 is 10.3 Å². The summed E-state index contributed by atoms with van der Waals surface area (Å²) in [5, 5.41) is 10.4. The second-order valence-corrected chi connectivity index (χ2v) is 8.30. The Bertz CT molecular complexity index is 1080. The number of para-hydroxylation sites is 1. The maximum absolute atomic E-state index is 12.7. The predicted molar refractivity (Wildman–Crippen MR) is 122 cm³/mol. The molecule has 1 fully saturated rings. The predicted octanol–water partition coefficient (Wildman–Crippen LogP) is 4.26. The second kappa shape index (κ2) is 8.92. The van der Waals surface area contributed by atoms with Gasteiger partial charge in [-0.2, -0.15) is 0 Å². The van der Waals surface area contributed by atoms with Gasteiger partial charge >= 0.3 is 0 Å². The third-order valence-corrected chi connectivity index (χ3v) is 6.16. The Labute approximate surface area is 177 Å². The van der Waals surface area contributed by atoms with Crippen LogP contribution in [0.25, 0.3) is 11.0 Å². The summed E-state index contributed by atoms with van der Waals surface area (Å²) in [4.78, 5) is 17.7. The van der Waals surface area contributed by atoms with Crippen molar-refractivity contribution in [3.8, 4) is 5.75 Å². The van der Waals surface area contributed by atoms with E-state index >= 15 is 0 Å².